The van der Waals surface area contributed by atoms with Crippen LogP contribution in [0.5, 0.6) is 0 Å². The molecule has 200 valence electrons. The van der Waals surface area contributed by atoms with Crippen LogP contribution in [0, 0.1) is 0 Å². The lowest BCUT2D eigenvalue weighted by Gasteiger charge is -2.41. The fraction of sp³-hybridized carbons (Fsp3) is 0.862. The first kappa shape index (κ1) is 32.9. The molecular formula is C29H56O4Si. The highest BCUT2D eigenvalue weighted by molar-refractivity contribution is 6.82. The van der Waals surface area contributed by atoms with Gasteiger partial charge < -0.3 is 10.2 Å². The maximum absolute atomic E-state index is 12.4. The van der Waals surface area contributed by atoms with Gasteiger partial charge in [0.15, 0.2) is 0 Å². The molecule has 0 aromatic heterocycles. The van der Waals surface area contributed by atoms with E-state index in [1.54, 1.807) is 0 Å². The number of rotatable bonds is 24. The largest absolute Gasteiger partial charge is 0.478 e. The number of aliphatic carboxylic acids is 2. The van der Waals surface area contributed by atoms with Crippen molar-refractivity contribution in [2.45, 2.75) is 161 Å². The summed E-state index contributed by atoms with van der Waals surface area (Å²) >= 11 is 0. The quantitative estimate of drug-likeness (QED) is 0.0792. The molecule has 0 aromatic rings. The van der Waals surface area contributed by atoms with Gasteiger partial charge in [-0.25, -0.2) is 9.59 Å². The second-order valence-corrected chi connectivity index (χ2v) is 15.4. The van der Waals surface area contributed by atoms with Gasteiger partial charge in [-0.1, -0.05) is 149 Å². The van der Waals surface area contributed by atoms with Crippen molar-refractivity contribution in [2.24, 2.45) is 0 Å². The maximum Gasteiger partial charge on any atom is 0.331 e. The van der Waals surface area contributed by atoms with Crippen LogP contribution in [0.15, 0.2) is 11.6 Å². The Morgan fingerprint density at radius 1 is 0.618 bits per heavy atom. The summed E-state index contributed by atoms with van der Waals surface area (Å²) in [5.74, 6) is -2.11. The fourth-order valence-corrected chi connectivity index (χ4v) is 12.0. The molecule has 0 fully saturated rings. The summed E-state index contributed by atoms with van der Waals surface area (Å²) in [5, 5.41) is 19.7. The Hall–Kier alpha value is -1.10. The van der Waals surface area contributed by atoms with Crippen LogP contribution >= 0.6 is 0 Å². The van der Waals surface area contributed by atoms with Crippen molar-refractivity contribution in [3.8, 4) is 0 Å². The molecule has 0 bridgehead atoms. The van der Waals surface area contributed by atoms with Gasteiger partial charge in [-0.05, 0) is 12.0 Å². The van der Waals surface area contributed by atoms with Gasteiger partial charge >= 0.3 is 11.9 Å². The van der Waals surface area contributed by atoms with Crippen LogP contribution in [0.2, 0.25) is 23.7 Å². The van der Waals surface area contributed by atoms with E-state index in [1.165, 1.54) is 77.0 Å². The summed E-state index contributed by atoms with van der Waals surface area (Å²) in [7, 11) is -2.04. The third-order valence-corrected chi connectivity index (χ3v) is 13.7. The first-order valence-corrected chi connectivity index (χ1v) is 17.3. The van der Waals surface area contributed by atoms with Crippen LogP contribution in [0.1, 0.15) is 137 Å². The summed E-state index contributed by atoms with van der Waals surface area (Å²) in [4.78, 5) is 24.1. The Morgan fingerprint density at radius 2 is 1.00 bits per heavy atom. The SMILES string of the molecule is CCCCCCC(/C(=C/C(=O)O)C(=O)O)[Si](CCCCCC)(CCCCCC)CCCCCC. The van der Waals surface area contributed by atoms with Crippen molar-refractivity contribution >= 4 is 20.0 Å². The van der Waals surface area contributed by atoms with Gasteiger partial charge in [0.1, 0.15) is 0 Å². The van der Waals surface area contributed by atoms with E-state index in [4.69, 9.17) is 0 Å². The zero-order chi connectivity index (χ0) is 25.7. The molecule has 0 aliphatic rings. The van der Waals surface area contributed by atoms with Gasteiger partial charge in [-0.2, -0.15) is 0 Å². The van der Waals surface area contributed by atoms with Crippen LogP contribution in [0.4, 0.5) is 0 Å². The monoisotopic (exact) mass is 496 g/mol. The average Bonchev–Trinajstić information content (AvgIpc) is 2.80. The van der Waals surface area contributed by atoms with Crippen LogP contribution in [0.3, 0.4) is 0 Å². The number of hydrogen-bond donors (Lipinski definition) is 2. The molecule has 0 aromatic carbocycles. The predicted octanol–water partition coefficient (Wildman–Crippen LogP) is 9.61. The third-order valence-electron chi connectivity index (χ3n) is 7.57. The first-order valence-electron chi connectivity index (χ1n) is 14.6. The summed E-state index contributed by atoms with van der Waals surface area (Å²) in [6, 6.07) is 3.48. The Kier molecular flexibility index (Phi) is 20.5. The minimum atomic E-state index is -2.04. The summed E-state index contributed by atoms with van der Waals surface area (Å²) in [6.07, 6.45) is 20.8. The van der Waals surface area contributed by atoms with Crippen molar-refractivity contribution in [1.29, 1.82) is 0 Å². The van der Waals surface area contributed by atoms with Gasteiger partial charge in [0.05, 0.1) is 8.07 Å². The van der Waals surface area contributed by atoms with E-state index < -0.39 is 20.0 Å². The molecule has 4 nitrogen and oxygen atoms in total. The summed E-state index contributed by atoms with van der Waals surface area (Å²) in [5.41, 5.74) is 0.167. The summed E-state index contributed by atoms with van der Waals surface area (Å²) in [6.45, 7) is 8.89. The molecule has 0 saturated heterocycles. The molecule has 5 heteroatoms. The van der Waals surface area contributed by atoms with Gasteiger partial charge in [-0.3, -0.25) is 0 Å². The lowest BCUT2D eigenvalue weighted by molar-refractivity contribution is -0.135. The van der Waals surface area contributed by atoms with Crippen molar-refractivity contribution in [3.05, 3.63) is 11.6 Å². The van der Waals surface area contributed by atoms with E-state index in [0.29, 0.717) is 0 Å². The smallest absolute Gasteiger partial charge is 0.331 e. The molecule has 2 N–H and O–H groups in total. The van der Waals surface area contributed by atoms with E-state index in [1.807, 2.05) is 0 Å². The fourth-order valence-electron chi connectivity index (χ4n) is 5.62. The topological polar surface area (TPSA) is 74.6 Å². The molecule has 0 radical (unpaired) electrons. The zero-order valence-corrected chi connectivity index (χ0v) is 24.0. The molecule has 0 aliphatic carbocycles. The van der Waals surface area contributed by atoms with Crippen LogP contribution in [0.25, 0.3) is 0 Å². The van der Waals surface area contributed by atoms with E-state index in [-0.39, 0.29) is 11.1 Å². The van der Waals surface area contributed by atoms with Crippen LogP contribution in [-0.2, 0) is 9.59 Å². The molecule has 0 saturated carbocycles. The number of carbonyl (C=O) groups is 2. The number of carboxylic acids is 2. The lowest BCUT2D eigenvalue weighted by atomic mass is 10.0. The second kappa shape index (κ2) is 21.2. The first-order chi connectivity index (χ1) is 16.4. The molecule has 0 rings (SSSR count). The van der Waals surface area contributed by atoms with Crippen molar-refractivity contribution in [2.75, 3.05) is 0 Å². The lowest BCUT2D eigenvalue weighted by Crippen LogP contribution is -2.42. The van der Waals surface area contributed by atoms with Gasteiger partial charge in [0.2, 0.25) is 0 Å². The third kappa shape index (κ3) is 14.3. The molecule has 1 atom stereocenters. The second-order valence-electron chi connectivity index (χ2n) is 10.4. The molecule has 34 heavy (non-hydrogen) atoms. The Balaban J connectivity index is 6.22. The van der Waals surface area contributed by atoms with Gasteiger partial charge in [0.25, 0.3) is 0 Å². The number of unbranched alkanes of at least 4 members (excludes halogenated alkanes) is 12. The van der Waals surface area contributed by atoms with E-state index in [9.17, 15) is 19.8 Å². The summed E-state index contributed by atoms with van der Waals surface area (Å²) < 4.78 is 0. The van der Waals surface area contributed by atoms with E-state index in [2.05, 4.69) is 27.7 Å². The number of carboxylic acid groups (broad SMARTS) is 2. The molecular weight excluding hydrogens is 440 g/mol. The van der Waals surface area contributed by atoms with Crippen molar-refractivity contribution < 1.29 is 19.8 Å². The standard InChI is InChI=1S/C29H56O4Si/c1-5-9-13-17-21-27(26(29(32)33)25-28(30)31)34(22-18-14-10-6-2,23-19-15-11-7-3)24-20-16-12-8-4/h25,27H,5-24H2,1-4H3,(H,30,31)(H,32,33)/b26-25-. The van der Waals surface area contributed by atoms with E-state index in [0.717, 1.165) is 56.3 Å². The average molecular weight is 497 g/mol. The zero-order valence-electron chi connectivity index (χ0n) is 23.0. The van der Waals surface area contributed by atoms with E-state index >= 15 is 0 Å². The Labute approximate surface area is 212 Å². The van der Waals surface area contributed by atoms with Gasteiger partial charge in [0, 0.05) is 11.6 Å². The molecule has 0 spiro atoms. The minimum Gasteiger partial charge on any atom is -0.478 e. The van der Waals surface area contributed by atoms with Crippen LogP contribution in [-0.4, -0.2) is 30.2 Å². The highest BCUT2D eigenvalue weighted by atomic mass is 28.3. The highest BCUT2D eigenvalue weighted by Gasteiger charge is 2.43. The maximum atomic E-state index is 12.4. The highest BCUT2D eigenvalue weighted by Crippen LogP contribution is 2.46. The Morgan fingerprint density at radius 3 is 1.32 bits per heavy atom. The van der Waals surface area contributed by atoms with Crippen molar-refractivity contribution in [1.82, 2.24) is 0 Å². The molecule has 0 amide bonds. The van der Waals surface area contributed by atoms with Crippen molar-refractivity contribution in [3.63, 3.8) is 0 Å². The number of hydrogen-bond acceptors (Lipinski definition) is 2. The molecule has 1 unspecified atom stereocenters. The molecule has 0 heterocycles. The minimum absolute atomic E-state index is 0.0390. The predicted molar refractivity (Wildman–Crippen MR) is 148 cm³/mol. The van der Waals surface area contributed by atoms with Crippen LogP contribution < -0.4 is 0 Å². The van der Waals surface area contributed by atoms with Gasteiger partial charge in [-0.15, -0.1) is 0 Å². The Bertz CT molecular complexity index is 527. The molecule has 0 aliphatic heterocycles. The normalized spacial score (nSPS) is 13.2.